The molecule has 3 saturated heterocycles. The lowest BCUT2D eigenvalue weighted by molar-refractivity contribution is -0.389. The van der Waals surface area contributed by atoms with E-state index in [2.05, 4.69) is 0 Å². The number of carbonyl (C=O) groups excluding carboxylic acids is 7. The molecule has 0 aliphatic carbocycles. The van der Waals surface area contributed by atoms with Gasteiger partial charge in [-0.15, -0.1) is 0 Å². The van der Waals surface area contributed by atoms with Gasteiger partial charge in [0.2, 0.25) is 0 Å². The molecule has 15 atom stereocenters. The maximum absolute atomic E-state index is 15.2. The fourth-order valence-electron chi connectivity index (χ4n) is 11.3. The normalized spacial score (nSPS) is 25.1. The van der Waals surface area contributed by atoms with Gasteiger partial charge in [0.1, 0.15) is 55.9 Å². The van der Waals surface area contributed by atoms with Crippen LogP contribution in [0.2, 0.25) is 0 Å². The van der Waals surface area contributed by atoms with Crippen LogP contribution in [0.15, 0.2) is 212 Å². The molecular formula is C75H76O23. The Morgan fingerprint density at radius 1 is 0.286 bits per heavy atom. The van der Waals surface area contributed by atoms with E-state index in [1.807, 2.05) is 121 Å². The highest BCUT2D eigenvalue weighted by Gasteiger charge is 2.60. The maximum atomic E-state index is 15.2. The largest absolute Gasteiger partial charge is 0.463 e. The molecule has 23 nitrogen and oxygen atoms in total. The molecule has 3 fully saturated rings. The fourth-order valence-corrected chi connectivity index (χ4v) is 11.3. The number of hydrogen-bond acceptors (Lipinski definition) is 23. The first-order valence-electron chi connectivity index (χ1n) is 31.9. The molecule has 0 spiro atoms. The summed E-state index contributed by atoms with van der Waals surface area (Å²) in [6.07, 6.45) is -24.9. The summed E-state index contributed by atoms with van der Waals surface area (Å²) in [6, 6.07) is 61.0. The molecule has 10 rings (SSSR count). The zero-order valence-electron chi connectivity index (χ0n) is 54.2. The lowest BCUT2D eigenvalue weighted by Gasteiger charge is -2.51. The molecule has 0 amide bonds. The van der Waals surface area contributed by atoms with Crippen LogP contribution < -0.4 is 0 Å². The van der Waals surface area contributed by atoms with Crippen molar-refractivity contribution in [3.8, 4) is 0 Å². The van der Waals surface area contributed by atoms with Crippen LogP contribution in [0.25, 0.3) is 0 Å². The quantitative estimate of drug-likeness (QED) is 0.0312. The Hall–Kier alpha value is -9.53. The summed E-state index contributed by atoms with van der Waals surface area (Å²) in [5.41, 5.74) is 3.25. The lowest BCUT2D eigenvalue weighted by Crippen LogP contribution is -2.69. The molecule has 0 N–H and O–H groups in total. The van der Waals surface area contributed by atoms with Crippen molar-refractivity contribution in [2.45, 2.75) is 146 Å². The van der Waals surface area contributed by atoms with Gasteiger partial charge in [-0.25, -0.2) is 14.4 Å². The standard InChI is InChI=1S/C75H76O23/c1-47(76)84-45-59-62(89-48(2)77)65(90-49(3)78)68(91-50(4)79)74(93-59)97-66-63(95-71(81)56-36-22-10-23-37-56)60(46-87-70(80)55-34-20-9-21-35-55)94-75(69(66)96-72(82)57-38-24-11-25-39-57)98-67-64(86-42-53-30-16-7-17-31-53)61(85-41-52-28-14-6-15-29-52)58(44-83-40-51-26-12-5-13-27-51)92-73(67)88-43-54-32-18-8-19-33-54/h5-39,58-69,73-75H,40-46H2,1-4H3/t58?,59?,60?,61-,62-,63-,64-,65-,66-,67?,68?,69?,73+,74-,75-/m0/s1. The van der Waals surface area contributed by atoms with Gasteiger partial charge in [0, 0.05) is 27.7 Å². The molecule has 0 bridgehead atoms. The molecule has 514 valence electrons. The van der Waals surface area contributed by atoms with E-state index < -0.39 is 147 Å². The smallest absolute Gasteiger partial charge is 0.338 e. The first-order chi connectivity index (χ1) is 47.6. The third-order valence-electron chi connectivity index (χ3n) is 15.8. The minimum Gasteiger partial charge on any atom is -0.463 e. The van der Waals surface area contributed by atoms with Crippen LogP contribution >= 0.6 is 0 Å². The number of esters is 7. The Morgan fingerprint density at radius 2 is 0.622 bits per heavy atom. The third-order valence-corrected chi connectivity index (χ3v) is 15.8. The lowest BCUT2D eigenvalue weighted by atomic mass is 9.95. The molecule has 0 radical (unpaired) electrons. The molecular weight excluding hydrogens is 1270 g/mol. The third kappa shape index (κ3) is 20.1. The molecule has 6 unspecified atom stereocenters. The monoisotopic (exact) mass is 1340 g/mol. The SMILES string of the molecule is CC(=O)OCC1O[C@@H](O[C@@H]2C(OC(=O)c3ccccc3)[C@H](OC3[C@H](OCc4ccccc4)OC(COCc4ccccc4)[C@H](OCc4ccccc4)[C@@H]3OCc3ccccc3)OC(COC(=O)c3ccccc3)[C@@H]2OC(=O)c2ccccc2)C(OC(C)=O)[C@@H](OC(C)=O)[C@H]1OC(C)=O. The Labute approximate surface area is 566 Å². The molecule has 7 aromatic rings. The average molecular weight is 1350 g/mol. The Bertz CT molecular complexity index is 3670. The molecule has 98 heavy (non-hydrogen) atoms. The van der Waals surface area contributed by atoms with E-state index in [0.29, 0.717) is 0 Å². The highest BCUT2D eigenvalue weighted by molar-refractivity contribution is 5.90. The zero-order chi connectivity index (χ0) is 68.8. The van der Waals surface area contributed by atoms with Gasteiger partial charge in [-0.1, -0.05) is 176 Å². The van der Waals surface area contributed by atoms with E-state index >= 15 is 4.79 Å². The minimum atomic E-state index is -2.06. The van der Waals surface area contributed by atoms with Crippen molar-refractivity contribution in [1.29, 1.82) is 0 Å². The molecule has 3 heterocycles. The minimum absolute atomic E-state index is 0.00379. The number of carbonyl (C=O) groups is 7. The van der Waals surface area contributed by atoms with E-state index in [4.69, 9.17) is 75.8 Å². The maximum Gasteiger partial charge on any atom is 0.338 e. The van der Waals surface area contributed by atoms with Gasteiger partial charge in [-0.3, -0.25) is 19.2 Å². The first kappa shape index (κ1) is 71.2. The summed E-state index contributed by atoms with van der Waals surface area (Å²) in [7, 11) is 0. The predicted molar refractivity (Wildman–Crippen MR) is 344 cm³/mol. The summed E-state index contributed by atoms with van der Waals surface area (Å²) in [4.78, 5) is 96.5. The van der Waals surface area contributed by atoms with Gasteiger partial charge in [0.15, 0.2) is 49.4 Å². The van der Waals surface area contributed by atoms with Crippen LogP contribution in [0.3, 0.4) is 0 Å². The van der Waals surface area contributed by atoms with Crippen molar-refractivity contribution in [3.63, 3.8) is 0 Å². The first-order valence-corrected chi connectivity index (χ1v) is 31.9. The van der Waals surface area contributed by atoms with Crippen LogP contribution in [0.1, 0.15) is 81.0 Å². The number of ether oxygens (including phenoxy) is 16. The molecule has 0 saturated carbocycles. The summed E-state index contributed by atoms with van der Waals surface area (Å²) in [5, 5.41) is 0. The second-order valence-electron chi connectivity index (χ2n) is 23.1. The van der Waals surface area contributed by atoms with Gasteiger partial charge >= 0.3 is 41.8 Å². The van der Waals surface area contributed by atoms with Crippen molar-refractivity contribution in [3.05, 3.63) is 251 Å². The van der Waals surface area contributed by atoms with E-state index in [9.17, 15) is 28.8 Å². The van der Waals surface area contributed by atoms with E-state index in [1.54, 1.807) is 54.6 Å². The van der Waals surface area contributed by atoms with Crippen LogP contribution in [-0.4, -0.2) is 154 Å². The molecule has 3 aliphatic heterocycles. The fraction of sp³-hybridized carbons (Fsp3) is 0.347. The van der Waals surface area contributed by atoms with Crippen molar-refractivity contribution in [2.24, 2.45) is 0 Å². The van der Waals surface area contributed by atoms with Crippen LogP contribution in [0, 0.1) is 0 Å². The molecule has 23 heteroatoms. The van der Waals surface area contributed by atoms with Gasteiger partial charge in [0.05, 0.1) is 49.7 Å². The zero-order valence-corrected chi connectivity index (χ0v) is 54.2. The second-order valence-corrected chi connectivity index (χ2v) is 23.1. The van der Waals surface area contributed by atoms with E-state index in [-0.39, 0.29) is 49.7 Å². The highest BCUT2D eigenvalue weighted by atomic mass is 16.8. The summed E-state index contributed by atoms with van der Waals surface area (Å²) in [6.45, 7) is 2.79. The number of hydrogen-bond donors (Lipinski definition) is 0. The average Bonchev–Trinajstić information content (AvgIpc) is 0.761. The van der Waals surface area contributed by atoms with Crippen LogP contribution in [0.5, 0.6) is 0 Å². The van der Waals surface area contributed by atoms with Crippen LogP contribution in [-0.2, 0) is 121 Å². The summed E-state index contributed by atoms with van der Waals surface area (Å²) in [5.74, 6) is -6.53. The van der Waals surface area contributed by atoms with Gasteiger partial charge in [0.25, 0.3) is 0 Å². The predicted octanol–water partition coefficient (Wildman–Crippen LogP) is 9.20. The topological polar surface area (TPSA) is 267 Å². The second kappa shape index (κ2) is 35.6. The Morgan fingerprint density at radius 3 is 1.08 bits per heavy atom. The molecule has 3 aliphatic rings. The number of benzene rings is 7. The Kier molecular flexibility index (Phi) is 25.9. The van der Waals surface area contributed by atoms with Gasteiger partial charge in [-0.2, -0.15) is 0 Å². The van der Waals surface area contributed by atoms with Crippen molar-refractivity contribution < 1.29 is 109 Å². The van der Waals surface area contributed by atoms with Crippen LogP contribution in [0.4, 0.5) is 0 Å². The van der Waals surface area contributed by atoms with Crippen molar-refractivity contribution in [1.82, 2.24) is 0 Å². The molecule has 7 aromatic carbocycles. The van der Waals surface area contributed by atoms with Crippen molar-refractivity contribution >= 4 is 41.8 Å². The van der Waals surface area contributed by atoms with Gasteiger partial charge < -0.3 is 75.8 Å². The van der Waals surface area contributed by atoms with Crippen molar-refractivity contribution in [2.75, 3.05) is 19.8 Å². The number of rotatable bonds is 29. The van der Waals surface area contributed by atoms with Gasteiger partial charge in [-0.05, 0) is 58.7 Å². The molecule has 0 aromatic heterocycles. The summed E-state index contributed by atoms with van der Waals surface area (Å²) < 4.78 is 105. The highest BCUT2D eigenvalue weighted by Crippen LogP contribution is 2.40. The summed E-state index contributed by atoms with van der Waals surface area (Å²) >= 11 is 0. The van der Waals surface area contributed by atoms with E-state index in [1.165, 1.54) is 36.4 Å². The van der Waals surface area contributed by atoms with E-state index in [0.717, 1.165) is 49.9 Å². The Balaban J connectivity index is 1.16.